The van der Waals surface area contributed by atoms with Crippen molar-refractivity contribution in [1.29, 1.82) is 0 Å². The lowest BCUT2D eigenvalue weighted by atomic mass is 10.1. The minimum atomic E-state index is -0.374. The first-order valence-corrected chi connectivity index (χ1v) is 8.54. The predicted molar refractivity (Wildman–Crippen MR) is 101 cm³/mol. The van der Waals surface area contributed by atoms with Crippen LogP contribution in [0.15, 0.2) is 42.5 Å². The number of ether oxygens (including phenoxy) is 1. The third-order valence-electron chi connectivity index (χ3n) is 4.58. The summed E-state index contributed by atoms with van der Waals surface area (Å²) in [5.74, 6) is 0.208. The molecule has 0 radical (unpaired) electrons. The molecule has 1 fully saturated rings. The van der Waals surface area contributed by atoms with E-state index in [-0.39, 0.29) is 24.2 Å². The number of likely N-dealkylation sites (tertiary alicyclic amines) is 1. The zero-order valence-corrected chi connectivity index (χ0v) is 15.0. The summed E-state index contributed by atoms with van der Waals surface area (Å²) in [5.41, 5.74) is 9.09. The quantitative estimate of drug-likeness (QED) is 0.809. The van der Waals surface area contributed by atoms with Gasteiger partial charge in [-0.1, -0.05) is 18.2 Å². The van der Waals surface area contributed by atoms with Gasteiger partial charge in [0.25, 0.3) is 0 Å². The SMILES string of the molecule is COc1ccc(CN2CC(C(=O)Nc3ccc(C)cc3N)CC2=O)cc1. The highest BCUT2D eigenvalue weighted by molar-refractivity contribution is 5.99. The van der Waals surface area contributed by atoms with Crippen LogP contribution in [0.2, 0.25) is 0 Å². The highest BCUT2D eigenvalue weighted by atomic mass is 16.5. The van der Waals surface area contributed by atoms with Crippen LogP contribution >= 0.6 is 0 Å². The molecule has 136 valence electrons. The molecule has 1 aliphatic heterocycles. The lowest BCUT2D eigenvalue weighted by molar-refractivity contribution is -0.128. The van der Waals surface area contributed by atoms with Gasteiger partial charge in [-0.3, -0.25) is 9.59 Å². The van der Waals surface area contributed by atoms with Gasteiger partial charge in [0, 0.05) is 19.5 Å². The molecule has 0 saturated carbocycles. The molecule has 1 aliphatic rings. The molecule has 1 saturated heterocycles. The number of nitrogens with one attached hydrogen (secondary N) is 1. The van der Waals surface area contributed by atoms with E-state index in [0.29, 0.717) is 24.5 Å². The summed E-state index contributed by atoms with van der Waals surface area (Å²) < 4.78 is 5.14. The van der Waals surface area contributed by atoms with Crippen molar-refractivity contribution in [2.75, 3.05) is 24.7 Å². The zero-order valence-electron chi connectivity index (χ0n) is 15.0. The molecule has 6 nitrogen and oxygen atoms in total. The molecule has 2 amide bonds. The fraction of sp³-hybridized carbons (Fsp3) is 0.300. The van der Waals surface area contributed by atoms with Crippen LogP contribution in [0.25, 0.3) is 0 Å². The Bertz CT molecular complexity index is 818. The standard InChI is InChI=1S/C20H23N3O3/c1-13-3-8-18(17(21)9-13)22-20(25)15-10-19(24)23(12-15)11-14-4-6-16(26-2)7-5-14/h3-9,15H,10-12,21H2,1-2H3,(H,22,25). The maximum Gasteiger partial charge on any atom is 0.229 e. The molecule has 2 aromatic carbocycles. The summed E-state index contributed by atoms with van der Waals surface area (Å²) >= 11 is 0. The highest BCUT2D eigenvalue weighted by Gasteiger charge is 2.34. The van der Waals surface area contributed by atoms with Gasteiger partial charge in [-0.25, -0.2) is 0 Å². The molecule has 1 unspecified atom stereocenters. The average Bonchev–Trinajstić information content (AvgIpc) is 2.99. The molecule has 26 heavy (non-hydrogen) atoms. The predicted octanol–water partition coefficient (Wildman–Crippen LogP) is 2.57. The average molecular weight is 353 g/mol. The van der Waals surface area contributed by atoms with Gasteiger partial charge in [-0.15, -0.1) is 0 Å². The molecule has 0 spiro atoms. The number of carbonyl (C=O) groups excluding carboxylic acids is 2. The smallest absolute Gasteiger partial charge is 0.229 e. The van der Waals surface area contributed by atoms with Gasteiger partial charge in [0.15, 0.2) is 0 Å². The van der Waals surface area contributed by atoms with Crippen LogP contribution in [0.1, 0.15) is 17.5 Å². The molecule has 3 rings (SSSR count). The topological polar surface area (TPSA) is 84.7 Å². The molecule has 1 atom stereocenters. The fourth-order valence-corrected chi connectivity index (χ4v) is 3.08. The largest absolute Gasteiger partial charge is 0.497 e. The Labute approximate surface area is 152 Å². The van der Waals surface area contributed by atoms with E-state index in [9.17, 15) is 9.59 Å². The molecule has 0 aromatic heterocycles. The number of carbonyl (C=O) groups is 2. The Morgan fingerprint density at radius 2 is 2.00 bits per heavy atom. The first-order chi connectivity index (χ1) is 12.5. The van der Waals surface area contributed by atoms with Crippen LogP contribution < -0.4 is 15.8 Å². The number of hydrogen-bond acceptors (Lipinski definition) is 4. The van der Waals surface area contributed by atoms with Gasteiger partial charge in [0.1, 0.15) is 5.75 Å². The lowest BCUT2D eigenvalue weighted by Crippen LogP contribution is -2.28. The molecule has 1 heterocycles. The number of aryl methyl sites for hydroxylation is 1. The number of nitrogens with zero attached hydrogens (tertiary/aromatic N) is 1. The summed E-state index contributed by atoms with van der Waals surface area (Å²) in [4.78, 5) is 26.5. The first kappa shape index (κ1) is 17.8. The number of nitrogen functional groups attached to an aromatic ring is 1. The minimum absolute atomic E-state index is 0.0159. The summed E-state index contributed by atoms with van der Waals surface area (Å²) in [6.45, 7) is 2.83. The lowest BCUT2D eigenvalue weighted by Gasteiger charge is -2.17. The fourth-order valence-electron chi connectivity index (χ4n) is 3.08. The number of nitrogens with two attached hydrogens (primary N) is 1. The van der Waals surface area contributed by atoms with E-state index < -0.39 is 0 Å². The second kappa shape index (κ2) is 7.47. The van der Waals surface area contributed by atoms with Crippen molar-refractivity contribution in [1.82, 2.24) is 4.90 Å². The molecule has 2 aromatic rings. The Morgan fingerprint density at radius 3 is 2.65 bits per heavy atom. The van der Waals surface area contributed by atoms with Crippen molar-refractivity contribution < 1.29 is 14.3 Å². The molecular formula is C20H23N3O3. The Morgan fingerprint density at radius 1 is 1.27 bits per heavy atom. The van der Waals surface area contributed by atoms with Crippen molar-refractivity contribution in [3.05, 3.63) is 53.6 Å². The summed E-state index contributed by atoms with van der Waals surface area (Å²) in [6.07, 6.45) is 0.216. The van der Waals surface area contributed by atoms with Crippen molar-refractivity contribution in [3.63, 3.8) is 0 Å². The van der Waals surface area contributed by atoms with Gasteiger partial charge >= 0.3 is 0 Å². The van der Waals surface area contributed by atoms with Crippen LogP contribution in [0.5, 0.6) is 5.75 Å². The van der Waals surface area contributed by atoms with Crippen molar-refractivity contribution >= 4 is 23.2 Å². The number of amides is 2. The Hall–Kier alpha value is -3.02. The normalized spacial score (nSPS) is 16.6. The van der Waals surface area contributed by atoms with Crippen molar-refractivity contribution in [2.45, 2.75) is 19.9 Å². The number of anilines is 2. The molecule has 0 bridgehead atoms. The third kappa shape index (κ3) is 3.96. The number of methoxy groups -OCH3 is 1. The summed E-state index contributed by atoms with van der Waals surface area (Å²) in [7, 11) is 1.61. The number of hydrogen-bond donors (Lipinski definition) is 2. The monoisotopic (exact) mass is 353 g/mol. The van der Waals surface area contributed by atoms with Crippen LogP contribution in [-0.2, 0) is 16.1 Å². The summed E-state index contributed by atoms with van der Waals surface area (Å²) in [6, 6.07) is 13.1. The van der Waals surface area contributed by atoms with Crippen LogP contribution in [0.4, 0.5) is 11.4 Å². The Balaban J connectivity index is 1.61. The first-order valence-electron chi connectivity index (χ1n) is 8.54. The third-order valence-corrected chi connectivity index (χ3v) is 4.58. The summed E-state index contributed by atoms with van der Waals surface area (Å²) in [5, 5.41) is 2.84. The van der Waals surface area contributed by atoms with E-state index in [0.717, 1.165) is 16.9 Å². The maximum absolute atomic E-state index is 12.5. The van der Waals surface area contributed by atoms with E-state index >= 15 is 0 Å². The van der Waals surface area contributed by atoms with Crippen molar-refractivity contribution in [3.8, 4) is 5.75 Å². The minimum Gasteiger partial charge on any atom is -0.497 e. The van der Waals surface area contributed by atoms with E-state index in [2.05, 4.69) is 5.32 Å². The van der Waals surface area contributed by atoms with Crippen LogP contribution in [0, 0.1) is 12.8 Å². The second-order valence-electron chi connectivity index (χ2n) is 6.60. The molecule has 3 N–H and O–H groups in total. The highest BCUT2D eigenvalue weighted by Crippen LogP contribution is 2.25. The van der Waals surface area contributed by atoms with Crippen molar-refractivity contribution in [2.24, 2.45) is 5.92 Å². The molecule has 6 heteroatoms. The molecular weight excluding hydrogens is 330 g/mol. The van der Waals surface area contributed by atoms with Crippen LogP contribution in [0.3, 0.4) is 0 Å². The van der Waals surface area contributed by atoms with Crippen LogP contribution in [-0.4, -0.2) is 30.4 Å². The maximum atomic E-state index is 12.5. The van der Waals surface area contributed by atoms with Gasteiger partial charge in [0.05, 0.1) is 24.4 Å². The van der Waals surface area contributed by atoms with Gasteiger partial charge < -0.3 is 20.7 Å². The number of benzene rings is 2. The van der Waals surface area contributed by atoms with E-state index in [1.165, 1.54) is 0 Å². The van der Waals surface area contributed by atoms with Gasteiger partial charge in [0.2, 0.25) is 11.8 Å². The zero-order chi connectivity index (χ0) is 18.7. The molecule has 0 aliphatic carbocycles. The Kier molecular flexibility index (Phi) is 5.11. The second-order valence-corrected chi connectivity index (χ2v) is 6.60. The van der Waals surface area contributed by atoms with Gasteiger partial charge in [-0.05, 0) is 42.3 Å². The van der Waals surface area contributed by atoms with E-state index in [1.54, 1.807) is 18.1 Å². The number of rotatable bonds is 5. The van der Waals surface area contributed by atoms with Gasteiger partial charge in [-0.2, -0.15) is 0 Å². The van der Waals surface area contributed by atoms with E-state index in [4.69, 9.17) is 10.5 Å². The van der Waals surface area contributed by atoms with E-state index in [1.807, 2.05) is 43.3 Å².